The first kappa shape index (κ1) is 17.8. The summed E-state index contributed by atoms with van der Waals surface area (Å²) in [7, 11) is 1.53. The molecule has 0 spiro atoms. The third kappa shape index (κ3) is 3.50. The van der Waals surface area contributed by atoms with E-state index in [2.05, 4.69) is 16.0 Å². The van der Waals surface area contributed by atoms with Crippen LogP contribution in [-0.2, 0) is 4.79 Å². The Hall–Kier alpha value is -2.99. The third-order valence-electron chi connectivity index (χ3n) is 4.09. The molecule has 0 aliphatic carbocycles. The van der Waals surface area contributed by atoms with E-state index in [-0.39, 0.29) is 11.9 Å². The van der Waals surface area contributed by atoms with Crippen LogP contribution in [0.2, 0.25) is 5.02 Å². The van der Waals surface area contributed by atoms with Crippen molar-refractivity contribution in [1.29, 1.82) is 0 Å². The Morgan fingerprint density at radius 1 is 1.15 bits per heavy atom. The standard InChI is InChI=1S/C19H18ClN3O3/c1-11-16(18(24)22-14-9-5-6-10-15(14)26-2)17(23-19(25)21-11)12-7-3-4-8-13(12)20/h3-10,17H,1-2H3,(H,22,24)(H2,21,23,25). The summed E-state index contributed by atoms with van der Waals surface area (Å²) in [5.41, 5.74) is 2.03. The molecule has 3 amide bonds. The van der Waals surface area contributed by atoms with Crippen LogP contribution in [0, 0.1) is 0 Å². The van der Waals surface area contributed by atoms with Crippen molar-refractivity contribution in [3.63, 3.8) is 0 Å². The van der Waals surface area contributed by atoms with E-state index >= 15 is 0 Å². The Morgan fingerprint density at radius 3 is 2.58 bits per heavy atom. The number of anilines is 1. The van der Waals surface area contributed by atoms with Gasteiger partial charge in [0.2, 0.25) is 0 Å². The maximum Gasteiger partial charge on any atom is 0.319 e. The Kier molecular flexibility index (Phi) is 5.14. The average Bonchev–Trinajstić information content (AvgIpc) is 2.61. The van der Waals surface area contributed by atoms with Crippen molar-refractivity contribution < 1.29 is 14.3 Å². The monoisotopic (exact) mass is 371 g/mol. The Bertz CT molecular complexity index is 895. The lowest BCUT2D eigenvalue weighted by Crippen LogP contribution is -2.46. The predicted octanol–water partition coefficient (Wildman–Crippen LogP) is 3.62. The number of carbonyl (C=O) groups excluding carboxylic acids is 2. The summed E-state index contributed by atoms with van der Waals surface area (Å²) in [6, 6.07) is 13.2. The first-order chi connectivity index (χ1) is 12.5. The second-order valence-electron chi connectivity index (χ2n) is 5.75. The predicted molar refractivity (Wildman–Crippen MR) is 100 cm³/mol. The SMILES string of the molecule is COc1ccccc1NC(=O)C1=C(C)NC(=O)NC1c1ccccc1Cl. The van der Waals surface area contributed by atoms with Crippen LogP contribution >= 0.6 is 11.6 Å². The summed E-state index contributed by atoms with van der Waals surface area (Å²) < 4.78 is 5.27. The second-order valence-corrected chi connectivity index (χ2v) is 6.15. The van der Waals surface area contributed by atoms with Gasteiger partial charge in [-0.05, 0) is 30.7 Å². The molecule has 0 saturated carbocycles. The minimum Gasteiger partial charge on any atom is -0.495 e. The number of carbonyl (C=O) groups is 2. The first-order valence-electron chi connectivity index (χ1n) is 7.98. The topological polar surface area (TPSA) is 79.5 Å². The number of allylic oxidation sites excluding steroid dienone is 1. The van der Waals surface area contributed by atoms with E-state index in [1.165, 1.54) is 7.11 Å². The molecule has 0 fully saturated rings. The van der Waals surface area contributed by atoms with Crippen molar-refractivity contribution in [2.75, 3.05) is 12.4 Å². The number of hydrogen-bond donors (Lipinski definition) is 3. The molecule has 2 aromatic carbocycles. The number of amides is 3. The molecule has 6 nitrogen and oxygen atoms in total. The van der Waals surface area contributed by atoms with Crippen LogP contribution in [0.25, 0.3) is 0 Å². The van der Waals surface area contributed by atoms with Gasteiger partial charge in [0.05, 0.1) is 24.4 Å². The summed E-state index contributed by atoms with van der Waals surface area (Å²) >= 11 is 6.28. The number of urea groups is 1. The third-order valence-corrected chi connectivity index (χ3v) is 4.43. The van der Waals surface area contributed by atoms with Gasteiger partial charge in [-0.25, -0.2) is 4.79 Å². The van der Waals surface area contributed by atoms with E-state index in [4.69, 9.17) is 16.3 Å². The van der Waals surface area contributed by atoms with Gasteiger partial charge < -0.3 is 20.7 Å². The summed E-state index contributed by atoms with van der Waals surface area (Å²) in [6.07, 6.45) is 0. The van der Waals surface area contributed by atoms with Crippen LogP contribution in [0.15, 0.2) is 59.8 Å². The number of methoxy groups -OCH3 is 1. The smallest absolute Gasteiger partial charge is 0.319 e. The van der Waals surface area contributed by atoms with Crippen molar-refractivity contribution >= 4 is 29.2 Å². The number of para-hydroxylation sites is 2. The fraction of sp³-hybridized carbons (Fsp3) is 0.158. The van der Waals surface area contributed by atoms with E-state index < -0.39 is 6.04 Å². The van der Waals surface area contributed by atoms with Crippen LogP contribution in [-0.4, -0.2) is 19.0 Å². The maximum absolute atomic E-state index is 13.0. The van der Waals surface area contributed by atoms with Gasteiger partial charge >= 0.3 is 6.03 Å². The molecule has 1 aliphatic heterocycles. The molecule has 3 rings (SSSR count). The number of hydrogen-bond acceptors (Lipinski definition) is 3. The quantitative estimate of drug-likeness (QED) is 0.768. The van der Waals surface area contributed by atoms with E-state index in [1.807, 2.05) is 6.07 Å². The highest BCUT2D eigenvalue weighted by atomic mass is 35.5. The molecule has 1 atom stereocenters. The molecule has 1 unspecified atom stereocenters. The minimum atomic E-state index is -0.660. The zero-order valence-electron chi connectivity index (χ0n) is 14.3. The number of nitrogens with one attached hydrogen (secondary N) is 3. The Labute approximate surface area is 156 Å². The van der Waals surface area contributed by atoms with Gasteiger partial charge in [0, 0.05) is 10.7 Å². The average molecular weight is 372 g/mol. The van der Waals surface area contributed by atoms with Crippen molar-refractivity contribution in [3.05, 3.63) is 70.4 Å². The Morgan fingerprint density at radius 2 is 1.85 bits per heavy atom. The molecular formula is C19H18ClN3O3. The molecule has 0 saturated heterocycles. The number of rotatable bonds is 4. The van der Waals surface area contributed by atoms with Gasteiger partial charge in [-0.2, -0.15) is 0 Å². The zero-order chi connectivity index (χ0) is 18.7. The van der Waals surface area contributed by atoms with Gasteiger partial charge in [0.15, 0.2) is 0 Å². The summed E-state index contributed by atoms with van der Waals surface area (Å²) in [5, 5.41) is 8.71. The molecule has 1 heterocycles. The van der Waals surface area contributed by atoms with Crippen molar-refractivity contribution in [3.8, 4) is 5.75 Å². The van der Waals surface area contributed by atoms with Gasteiger partial charge in [0.1, 0.15) is 5.75 Å². The van der Waals surface area contributed by atoms with Crippen LogP contribution < -0.4 is 20.7 Å². The molecule has 0 aromatic heterocycles. The number of ether oxygens (including phenoxy) is 1. The van der Waals surface area contributed by atoms with Crippen molar-refractivity contribution in [2.24, 2.45) is 0 Å². The molecule has 0 bridgehead atoms. The van der Waals surface area contributed by atoms with Gasteiger partial charge in [-0.1, -0.05) is 41.9 Å². The van der Waals surface area contributed by atoms with E-state index in [9.17, 15) is 9.59 Å². The largest absolute Gasteiger partial charge is 0.495 e. The van der Waals surface area contributed by atoms with Crippen LogP contribution in [0.4, 0.5) is 10.5 Å². The van der Waals surface area contributed by atoms with Gasteiger partial charge in [-0.3, -0.25) is 4.79 Å². The lowest BCUT2D eigenvalue weighted by molar-refractivity contribution is -0.113. The summed E-state index contributed by atoms with van der Waals surface area (Å²) in [5.74, 6) is 0.186. The van der Waals surface area contributed by atoms with Crippen LogP contribution in [0.3, 0.4) is 0 Å². The lowest BCUT2D eigenvalue weighted by atomic mass is 9.94. The fourth-order valence-electron chi connectivity index (χ4n) is 2.87. The van der Waals surface area contributed by atoms with Crippen molar-refractivity contribution in [1.82, 2.24) is 10.6 Å². The van der Waals surface area contributed by atoms with E-state index in [0.717, 1.165) is 0 Å². The second kappa shape index (κ2) is 7.49. The van der Waals surface area contributed by atoms with Crippen LogP contribution in [0.5, 0.6) is 5.75 Å². The minimum absolute atomic E-state index is 0.357. The lowest BCUT2D eigenvalue weighted by Gasteiger charge is -2.29. The van der Waals surface area contributed by atoms with E-state index in [1.54, 1.807) is 49.4 Å². The molecule has 7 heteroatoms. The molecule has 1 aliphatic rings. The zero-order valence-corrected chi connectivity index (χ0v) is 15.1. The van der Waals surface area contributed by atoms with E-state index in [0.29, 0.717) is 33.3 Å². The Balaban J connectivity index is 1.99. The van der Waals surface area contributed by atoms with Gasteiger partial charge in [-0.15, -0.1) is 0 Å². The highest BCUT2D eigenvalue weighted by Gasteiger charge is 2.32. The highest BCUT2D eigenvalue weighted by molar-refractivity contribution is 6.31. The van der Waals surface area contributed by atoms with Crippen molar-refractivity contribution in [2.45, 2.75) is 13.0 Å². The molecule has 134 valence electrons. The maximum atomic E-state index is 13.0. The normalized spacial score (nSPS) is 16.6. The highest BCUT2D eigenvalue weighted by Crippen LogP contribution is 2.33. The van der Waals surface area contributed by atoms with Gasteiger partial charge in [0.25, 0.3) is 5.91 Å². The first-order valence-corrected chi connectivity index (χ1v) is 8.36. The fourth-order valence-corrected chi connectivity index (χ4v) is 3.12. The molecule has 3 N–H and O–H groups in total. The molecule has 0 radical (unpaired) electrons. The molecule has 2 aromatic rings. The number of halogens is 1. The summed E-state index contributed by atoms with van der Waals surface area (Å²) in [4.78, 5) is 24.9. The van der Waals surface area contributed by atoms with Crippen LogP contribution in [0.1, 0.15) is 18.5 Å². The molecular weight excluding hydrogens is 354 g/mol. The molecule has 26 heavy (non-hydrogen) atoms. The summed E-state index contributed by atoms with van der Waals surface area (Å²) in [6.45, 7) is 1.68. The number of benzene rings is 2.